The lowest BCUT2D eigenvalue weighted by Crippen LogP contribution is -2.81. The van der Waals surface area contributed by atoms with Crippen molar-refractivity contribution >= 4 is 0 Å². The molecule has 1 unspecified atom stereocenters. The van der Waals surface area contributed by atoms with Crippen LogP contribution in [0.1, 0.15) is 0 Å². The molecule has 1 atom stereocenters. The van der Waals surface area contributed by atoms with Gasteiger partial charge in [-0.15, -0.1) is 0 Å². The van der Waals surface area contributed by atoms with Gasteiger partial charge in [-0.25, -0.2) is 8.78 Å². The highest BCUT2D eigenvalue weighted by atomic mass is 19.4. The van der Waals surface area contributed by atoms with Gasteiger partial charge >= 0.3 is 60.0 Å². The molecule has 0 fully saturated rings. The van der Waals surface area contributed by atoms with Crippen LogP contribution in [0.2, 0.25) is 0 Å². The molecule has 0 spiro atoms. The molecule has 1 rings (SSSR count). The van der Waals surface area contributed by atoms with Crippen LogP contribution in [0.4, 0.5) is 105 Å². The van der Waals surface area contributed by atoms with E-state index in [0.29, 0.717) is 0 Å². The Morgan fingerprint density at radius 3 is 0.946 bits per heavy atom. The van der Waals surface area contributed by atoms with Gasteiger partial charge in [0.2, 0.25) is 5.41 Å². The third kappa shape index (κ3) is 3.43. The van der Waals surface area contributed by atoms with Gasteiger partial charge in [-0.3, -0.25) is 0 Å². The van der Waals surface area contributed by atoms with Crippen molar-refractivity contribution in [2.45, 2.75) is 60.0 Å². The van der Waals surface area contributed by atoms with Crippen molar-refractivity contribution in [2.75, 3.05) is 0 Å². The van der Waals surface area contributed by atoms with E-state index >= 15 is 0 Å². The summed E-state index contributed by atoms with van der Waals surface area (Å²) < 4.78 is 321. The van der Waals surface area contributed by atoms with Gasteiger partial charge in [-0.05, 0) is 0 Å². The molecule has 0 nitrogen and oxygen atoms in total. The monoisotopic (exact) mass is 612 g/mol. The minimum Gasteiger partial charge on any atom is -0.225 e. The van der Waals surface area contributed by atoms with Crippen LogP contribution in [0.15, 0.2) is 11.4 Å². The number of halogens is 24. The molecule has 1 aliphatic carbocycles. The summed E-state index contributed by atoms with van der Waals surface area (Å²) in [4.78, 5) is 0. The van der Waals surface area contributed by atoms with E-state index in [0.717, 1.165) is 0 Å². The Morgan fingerprint density at radius 1 is 0.405 bits per heavy atom. The molecule has 220 valence electrons. The first-order valence-electron chi connectivity index (χ1n) is 7.79. The van der Waals surface area contributed by atoms with E-state index in [1.54, 1.807) is 0 Å². The molecule has 0 aliphatic heterocycles. The number of hydrogen-bond donors (Lipinski definition) is 0. The molecule has 0 amide bonds. The summed E-state index contributed by atoms with van der Waals surface area (Å²) in [5.41, 5.74) is -26.2. The maximum absolute atomic E-state index is 14.6. The Morgan fingerprint density at radius 2 is 0.703 bits per heavy atom. The van der Waals surface area contributed by atoms with Gasteiger partial charge in [0.1, 0.15) is 0 Å². The van der Waals surface area contributed by atoms with Crippen LogP contribution in [0.25, 0.3) is 0 Å². The second-order valence-electron chi connectivity index (χ2n) is 6.96. The summed E-state index contributed by atoms with van der Waals surface area (Å²) in [5.74, 6) is -49.3. The fourth-order valence-electron chi connectivity index (χ4n) is 3.21. The zero-order chi connectivity index (χ0) is 30.7. The van der Waals surface area contributed by atoms with Crippen LogP contribution >= 0.6 is 0 Å². The highest BCUT2D eigenvalue weighted by molar-refractivity contribution is 5.46. The van der Waals surface area contributed by atoms with Crippen molar-refractivity contribution < 1.29 is 105 Å². The van der Waals surface area contributed by atoms with Crippen molar-refractivity contribution in [2.24, 2.45) is 5.41 Å². The van der Waals surface area contributed by atoms with E-state index in [-0.39, 0.29) is 0 Å². The summed E-state index contributed by atoms with van der Waals surface area (Å²) in [6.07, 6.45) is -36.5. The largest absolute Gasteiger partial charge is 0.457 e. The molecular weight excluding hydrogens is 612 g/mol. The molecule has 0 N–H and O–H groups in total. The van der Waals surface area contributed by atoms with Gasteiger partial charge < -0.3 is 0 Å². The lowest BCUT2D eigenvalue weighted by molar-refractivity contribution is -0.476. The minimum absolute atomic E-state index is 6.06. The Bertz CT molecular complexity index is 918. The minimum atomic E-state index is -9.89. The second kappa shape index (κ2) is 7.58. The molecule has 0 aromatic heterocycles. The van der Waals surface area contributed by atoms with Gasteiger partial charge in [-0.2, -0.15) is 96.6 Å². The lowest BCUT2D eigenvalue weighted by Gasteiger charge is -2.54. The highest BCUT2D eigenvalue weighted by Crippen LogP contribution is 2.77. The third-order valence-corrected chi connectivity index (χ3v) is 4.91. The van der Waals surface area contributed by atoms with Crippen molar-refractivity contribution in [3.8, 4) is 0 Å². The quantitative estimate of drug-likeness (QED) is 0.282. The summed E-state index contributed by atoms with van der Waals surface area (Å²) in [6.45, 7) is 0. The first-order valence-corrected chi connectivity index (χ1v) is 7.79. The fraction of sp³-hybridized carbons (Fsp3) is 0.846. The van der Waals surface area contributed by atoms with Crippen LogP contribution in [0.5, 0.6) is 0 Å². The van der Waals surface area contributed by atoms with E-state index in [1.807, 2.05) is 0 Å². The maximum Gasteiger partial charge on any atom is 0.457 e. The number of hydrogen-bond acceptors (Lipinski definition) is 0. The number of alkyl halides is 23. The smallest absolute Gasteiger partial charge is 0.225 e. The van der Waals surface area contributed by atoms with E-state index in [2.05, 4.69) is 0 Å². The van der Waals surface area contributed by atoms with Gasteiger partial charge in [0.15, 0.2) is 5.83 Å². The normalized spacial score (nSPS) is 24.6. The van der Waals surface area contributed by atoms with Gasteiger partial charge in [0, 0.05) is 0 Å². The van der Waals surface area contributed by atoms with Gasteiger partial charge in [-0.1, -0.05) is 0 Å². The average molecular weight is 612 g/mol. The molecular formula is C13F24. The zero-order valence-electron chi connectivity index (χ0n) is 15.6. The van der Waals surface area contributed by atoms with Gasteiger partial charge in [0.25, 0.3) is 0 Å². The van der Waals surface area contributed by atoms with Crippen LogP contribution in [0.3, 0.4) is 0 Å². The van der Waals surface area contributed by atoms with Gasteiger partial charge in [0.05, 0.1) is 5.57 Å². The lowest BCUT2D eigenvalue weighted by atomic mass is 9.58. The molecule has 1 aliphatic rings. The van der Waals surface area contributed by atoms with Crippen LogP contribution < -0.4 is 0 Å². The average Bonchev–Trinajstić information content (AvgIpc) is 2.58. The molecule has 0 saturated carbocycles. The van der Waals surface area contributed by atoms with Crippen LogP contribution in [-0.2, 0) is 0 Å². The van der Waals surface area contributed by atoms with Crippen LogP contribution in [-0.4, -0.2) is 60.0 Å². The Kier molecular flexibility index (Phi) is 6.78. The maximum atomic E-state index is 14.6. The SMILES string of the molecule is FC1=C(C(C(F)(F)F)(C(F)(F)F)C(F)(C(F)(F)F)C(F)(F)C(F)(F)F)C(F)(F)C(F)(F)C(F)(F)C1(F)F. The van der Waals surface area contributed by atoms with E-state index in [9.17, 15) is 105 Å². The first kappa shape index (κ1) is 33.1. The molecule has 0 aromatic rings. The molecule has 0 heterocycles. The van der Waals surface area contributed by atoms with Crippen molar-refractivity contribution in [1.82, 2.24) is 0 Å². The van der Waals surface area contributed by atoms with Crippen LogP contribution in [0, 0.1) is 5.41 Å². The number of allylic oxidation sites excluding steroid dienone is 2. The van der Waals surface area contributed by atoms with Crippen molar-refractivity contribution in [3.63, 3.8) is 0 Å². The second-order valence-corrected chi connectivity index (χ2v) is 6.96. The predicted octanol–water partition coefficient (Wildman–Crippen LogP) is 8.34. The summed E-state index contributed by atoms with van der Waals surface area (Å²) >= 11 is 0. The van der Waals surface area contributed by atoms with Crippen molar-refractivity contribution in [1.29, 1.82) is 0 Å². The molecule has 0 aromatic carbocycles. The summed E-state index contributed by atoms with van der Waals surface area (Å²) in [6, 6.07) is 0. The molecule has 0 radical (unpaired) electrons. The topological polar surface area (TPSA) is 0 Å². The predicted molar refractivity (Wildman–Crippen MR) is 63.4 cm³/mol. The Labute approximate surface area is 183 Å². The third-order valence-electron chi connectivity index (χ3n) is 4.91. The van der Waals surface area contributed by atoms with Crippen molar-refractivity contribution in [3.05, 3.63) is 11.4 Å². The summed E-state index contributed by atoms with van der Waals surface area (Å²) in [5, 5.41) is 0. The van der Waals surface area contributed by atoms with E-state index in [4.69, 9.17) is 0 Å². The summed E-state index contributed by atoms with van der Waals surface area (Å²) in [7, 11) is 0. The Balaban J connectivity index is 4.95. The standard InChI is InChI=1S/C13F24/c14-2-1(4(15,16)7(20,21)8(22,23)5(2,17)18)3(10(26,27)28,11(29,30)31)6(19,12(32,33)34)9(24,25)13(35,36)37. The highest BCUT2D eigenvalue weighted by Gasteiger charge is 3.02. The molecule has 24 heteroatoms. The fourth-order valence-corrected chi connectivity index (χ4v) is 3.21. The number of rotatable bonds is 3. The molecule has 0 bridgehead atoms. The zero-order valence-corrected chi connectivity index (χ0v) is 15.6. The Hall–Kier alpha value is -1.94. The molecule has 0 saturated heterocycles. The molecule has 37 heavy (non-hydrogen) atoms. The van der Waals surface area contributed by atoms with E-state index in [1.165, 1.54) is 0 Å². The van der Waals surface area contributed by atoms with E-state index < -0.39 is 76.8 Å². The first-order chi connectivity index (χ1) is 15.5.